The molecule has 2 aliphatic heterocycles. The molecule has 1 aromatic heterocycles. The van der Waals surface area contributed by atoms with E-state index in [4.69, 9.17) is 0 Å². The number of amides is 2. The molecule has 2 aromatic rings. The minimum absolute atomic E-state index is 0.0709. The van der Waals surface area contributed by atoms with Crippen molar-refractivity contribution in [1.82, 2.24) is 25.0 Å². The molecule has 2 saturated heterocycles. The number of carbonyl (C=O) groups excluding carboxylic acids is 1. The average molecular weight is 580 g/mol. The Bertz CT molecular complexity index is 1470. The Morgan fingerprint density at radius 1 is 1.07 bits per heavy atom. The van der Waals surface area contributed by atoms with Crippen LogP contribution in [0.25, 0.3) is 0 Å². The lowest BCUT2D eigenvalue weighted by molar-refractivity contribution is -0.139. The molecule has 40 heavy (non-hydrogen) atoms. The molecule has 2 amide bonds. The second kappa shape index (κ2) is 8.21. The summed E-state index contributed by atoms with van der Waals surface area (Å²) in [4.78, 5) is 20.6. The van der Waals surface area contributed by atoms with Crippen molar-refractivity contribution in [2.75, 3.05) is 32.4 Å². The van der Waals surface area contributed by atoms with E-state index in [2.05, 4.69) is 15.2 Å². The number of carbonyl (C=O) groups is 1. The van der Waals surface area contributed by atoms with Crippen molar-refractivity contribution in [3.05, 3.63) is 41.0 Å². The Balaban J connectivity index is 0.871. The van der Waals surface area contributed by atoms with Gasteiger partial charge < -0.3 is 14.9 Å². The first kappa shape index (κ1) is 26.2. The van der Waals surface area contributed by atoms with Crippen LogP contribution in [0.4, 0.5) is 18.0 Å². The minimum atomic E-state index is -4.73. The highest BCUT2D eigenvalue weighted by Crippen LogP contribution is 2.57. The van der Waals surface area contributed by atoms with Crippen LogP contribution in [0.2, 0.25) is 0 Å². The first-order valence-electron chi connectivity index (χ1n) is 13.8. The first-order valence-corrected chi connectivity index (χ1v) is 15.6. The molecule has 216 valence electrons. The van der Waals surface area contributed by atoms with Crippen LogP contribution < -0.4 is 0 Å². The van der Waals surface area contributed by atoms with E-state index in [1.807, 2.05) is 9.80 Å². The van der Waals surface area contributed by atoms with Gasteiger partial charge in [0.25, 0.3) is 0 Å². The summed E-state index contributed by atoms with van der Waals surface area (Å²) in [7, 11) is -4.01. The smallest absolute Gasteiger partial charge is 0.382 e. The zero-order valence-electron chi connectivity index (χ0n) is 22.2. The van der Waals surface area contributed by atoms with Crippen LogP contribution in [-0.2, 0) is 28.0 Å². The number of aromatic amines is 1. The highest BCUT2D eigenvalue weighted by atomic mass is 32.2. The van der Waals surface area contributed by atoms with Crippen LogP contribution in [0.5, 0.6) is 0 Å². The summed E-state index contributed by atoms with van der Waals surface area (Å²) in [5, 5.41) is 17.4. The number of H-pyrrole nitrogens is 1. The first-order chi connectivity index (χ1) is 18.7. The number of sulfone groups is 1. The van der Waals surface area contributed by atoms with Gasteiger partial charge in [-0.25, -0.2) is 18.2 Å². The number of nitrogens with zero attached hydrogens (tertiary/aromatic N) is 4. The Morgan fingerprint density at radius 3 is 2.23 bits per heavy atom. The second-order valence-corrected chi connectivity index (χ2v) is 15.2. The molecule has 2 spiro atoms. The number of urea groups is 1. The van der Waals surface area contributed by atoms with Crippen LogP contribution in [0.15, 0.2) is 23.1 Å². The summed E-state index contributed by atoms with van der Waals surface area (Å²) in [6.07, 6.45) is 1.70. The van der Waals surface area contributed by atoms with Crippen LogP contribution in [0, 0.1) is 16.7 Å². The van der Waals surface area contributed by atoms with Crippen molar-refractivity contribution in [2.45, 2.75) is 67.5 Å². The standard InChI is InChI=1S/C27H32F3N5O4S/c1-40(38,39)20-7-16(2-3-19(20)27(28,29)30)6-17-8-24(9-17)12-34(13-24)23(36)35-14-25(15-35)10-18(11-25)21-31-22(33-32-21)26(37)4-5-26/h2-3,7,17-18,37H,4-6,8-15H2,1H3,(H,31,32,33). The van der Waals surface area contributed by atoms with Crippen molar-refractivity contribution in [3.8, 4) is 0 Å². The Labute approximate surface area is 230 Å². The lowest BCUT2D eigenvalue weighted by Crippen LogP contribution is -2.70. The zero-order valence-corrected chi connectivity index (χ0v) is 23.0. The van der Waals surface area contributed by atoms with E-state index >= 15 is 0 Å². The van der Waals surface area contributed by atoms with E-state index in [1.54, 1.807) is 0 Å². The average Bonchev–Trinajstić information content (AvgIpc) is 3.31. The summed E-state index contributed by atoms with van der Waals surface area (Å²) < 4.78 is 63.8. The molecular weight excluding hydrogens is 547 g/mol. The number of alkyl halides is 3. The van der Waals surface area contributed by atoms with Gasteiger partial charge in [-0.15, -0.1) is 0 Å². The number of aliphatic hydroxyl groups is 1. The number of halogens is 3. The number of likely N-dealkylation sites (tertiary alicyclic amines) is 2. The maximum Gasteiger partial charge on any atom is 0.417 e. The molecule has 0 atom stereocenters. The summed E-state index contributed by atoms with van der Waals surface area (Å²) in [5.41, 5.74) is -1.14. The van der Waals surface area contributed by atoms with Crippen LogP contribution in [-0.4, -0.2) is 77.0 Å². The third-order valence-corrected chi connectivity index (χ3v) is 10.9. The Kier molecular flexibility index (Phi) is 5.38. The predicted octanol–water partition coefficient (Wildman–Crippen LogP) is 3.46. The van der Waals surface area contributed by atoms with Crippen molar-refractivity contribution in [3.63, 3.8) is 0 Å². The molecule has 2 N–H and O–H groups in total. The van der Waals surface area contributed by atoms with Gasteiger partial charge in [0.15, 0.2) is 15.7 Å². The van der Waals surface area contributed by atoms with Crippen molar-refractivity contribution >= 4 is 15.9 Å². The number of benzene rings is 1. The Morgan fingerprint density at radius 2 is 1.68 bits per heavy atom. The summed E-state index contributed by atoms with van der Waals surface area (Å²) in [6.45, 7) is 2.88. The number of nitrogens with one attached hydrogen (secondary N) is 1. The third-order valence-electron chi connectivity index (χ3n) is 9.75. The van der Waals surface area contributed by atoms with Crippen LogP contribution >= 0.6 is 0 Å². The van der Waals surface area contributed by atoms with Crippen LogP contribution in [0.1, 0.15) is 67.2 Å². The topological polar surface area (TPSA) is 119 Å². The quantitative estimate of drug-likeness (QED) is 0.560. The van der Waals surface area contributed by atoms with Gasteiger partial charge in [0, 0.05) is 49.2 Å². The van der Waals surface area contributed by atoms with Gasteiger partial charge >= 0.3 is 12.2 Å². The third kappa shape index (κ3) is 4.31. The molecule has 9 nitrogen and oxygen atoms in total. The number of aromatic nitrogens is 3. The molecule has 13 heteroatoms. The van der Waals surface area contributed by atoms with Crippen LogP contribution in [0.3, 0.4) is 0 Å². The lowest BCUT2D eigenvalue weighted by Gasteiger charge is -2.63. The van der Waals surface area contributed by atoms with E-state index < -0.39 is 32.1 Å². The second-order valence-electron chi connectivity index (χ2n) is 13.3. The van der Waals surface area contributed by atoms with E-state index in [9.17, 15) is 31.5 Å². The highest BCUT2D eigenvalue weighted by molar-refractivity contribution is 7.90. The molecule has 3 saturated carbocycles. The molecule has 0 radical (unpaired) electrons. The Hall–Kier alpha value is -2.67. The van der Waals surface area contributed by atoms with E-state index in [-0.39, 0.29) is 22.8 Å². The predicted molar refractivity (Wildman–Crippen MR) is 136 cm³/mol. The zero-order chi connectivity index (χ0) is 28.3. The van der Waals surface area contributed by atoms with Gasteiger partial charge in [0.2, 0.25) is 0 Å². The van der Waals surface area contributed by atoms with Gasteiger partial charge in [0.1, 0.15) is 11.4 Å². The molecular formula is C27H32F3N5O4S. The number of rotatable bonds is 5. The van der Waals surface area contributed by atoms with Crippen molar-refractivity contribution in [1.29, 1.82) is 0 Å². The maximum absolute atomic E-state index is 13.3. The molecule has 0 bridgehead atoms. The largest absolute Gasteiger partial charge is 0.417 e. The van der Waals surface area contributed by atoms with Gasteiger partial charge in [-0.2, -0.15) is 18.3 Å². The molecule has 5 aliphatic rings. The molecule has 7 rings (SSSR count). The van der Waals surface area contributed by atoms with E-state index in [0.717, 1.165) is 56.9 Å². The number of hydrogen-bond donors (Lipinski definition) is 2. The highest BCUT2D eigenvalue weighted by Gasteiger charge is 2.59. The van der Waals surface area contributed by atoms with Gasteiger partial charge in [-0.05, 0) is 68.6 Å². The molecule has 3 heterocycles. The summed E-state index contributed by atoms with van der Waals surface area (Å²) in [6, 6.07) is 3.49. The maximum atomic E-state index is 13.3. The van der Waals surface area contributed by atoms with E-state index in [1.165, 1.54) is 12.1 Å². The van der Waals surface area contributed by atoms with E-state index in [0.29, 0.717) is 49.7 Å². The van der Waals surface area contributed by atoms with Crippen molar-refractivity contribution < 1.29 is 31.5 Å². The fourth-order valence-electron chi connectivity index (χ4n) is 7.58. The SMILES string of the molecule is CS(=O)(=O)c1cc(CC2CC3(C2)CN(C(=O)N2CC4(CC(c5nc(C6(O)CC6)n[nH]5)C4)C2)C3)ccc1C(F)(F)F. The fraction of sp³-hybridized carbons (Fsp3) is 0.667. The fourth-order valence-corrected chi connectivity index (χ4v) is 8.53. The normalized spacial score (nSPS) is 24.8. The summed E-state index contributed by atoms with van der Waals surface area (Å²) in [5.74, 6) is 1.88. The number of hydrogen-bond acceptors (Lipinski definition) is 6. The lowest BCUT2D eigenvalue weighted by atomic mass is 9.56. The molecule has 3 aliphatic carbocycles. The molecule has 5 fully saturated rings. The monoisotopic (exact) mass is 579 g/mol. The molecule has 0 unspecified atom stereocenters. The van der Waals surface area contributed by atoms with Crippen molar-refractivity contribution in [2.24, 2.45) is 16.7 Å². The summed E-state index contributed by atoms with van der Waals surface area (Å²) >= 11 is 0. The van der Waals surface area contributed by atoms with Gasteiger partial charge in [0.05, 0.1) is 10.5 Å². The van der Waals surface area contributed by atoms with Gasteiger partial charge in [-0.1, -0.05) is 6.07 Å². The molecule has 1 aromatic carbocycles. The minimum Gasteiger partial charge on any atom is -0.382 e. The van der Waals surface area contributed by atoms with Gasteiger partial charge in [-0.3, -0.25) is 5.10 Å².